The zero-order valence-electron chi connectivity index (χ0n) is 14.1. The van der Waals surface area contributed by atoms with Crippen LogP contribution in [0.1, 0.15) is 31.1 Å². The molecule has 1 aliphatic heterocycles. The summed E-state index contributed by atoms with van der Waals surface area (Å²) in [4.78, 5) is 53.2. The first-order chi connectivity index (χ1) is 13.0. The van der Waals surface area contributed by atoms with Gasteiger partial charge in [0, 0.05) is 35.5 Å². The number of amides is 4. The van der Waals surface area contributed by atoms with Gasteiger partial charge >= 0.3 is 0 Å². The summed E-state index contributed by atoms with van der Waals surface area (Å²) in [5.74, 6) is -1.76. The van der Waals surface area contributed by atoms with Crippen molar-refractivity contribution in [2.24, 2.45) is 0 Å². The van der Waals surface area contributed by atoms with Crippen molar-refractivity contribution < 1.29 is 19.2 Å². The van der Waals surface area contributed by atoms with Crippen molar-refractivity contribution in [2.45, 2.75) is 0 Å². The molecule has 2 aromatic rings. The predicted molar refractivity (Wildman–Crippen MR) is 99.1 cm³/mol. The monoisotopic (exact) mass is 430 g/mol. The highest BCUT2D eigenvalue weighted by Crippen LogP contribution is 2.25. The van der Waals surface area contributed by atoms with Crippen LogP contribution in [0.25, 0.3) is 0 Å². The van der Waals surface area contributed by atoms with Crippen LogP contribution in [0.15, 0.2) is 47.2 Å². The zero-order valence-corrected chi connectivity index (χ0v) is 15.7. The molecular weight excluding hydrogens is 416 g/mol. The van der Waals surface area contributed by atoms with Gasteiger partial charge in [-0.3, -0.25) is 29.1 Å². The molecule has 2 N–H and O–H groups in total. The van der Waals surface area contributed by atoms with Crippen LogP contribution < -0.4 is 10.6 Å². The van der Waals surface area contributed by atoms with Crippen LogP contribution in [0.4, 0.5) is 0 Å². The number of fused-ring (bicyclic) bond motifs is 1. The van der Waals surface area contributed by atoms with Crippen molar-refractivity contribution in [3.05, 3.63) is 63.9 Å². The third-order valence-corrected chi connectivity index (χ3v) is 4.40. The molecule has 0 atom stereocenters. The normalized spacial score (nSPS) is 12.7. The van der Waals surface area contributed by atoms with Gasteiger partial charge in [-0.1, -0.05) is 15.9 Å². The number of carbonyl (C=O) groups excluding carboxylic acids is 4. The van der Waals surface area contributed by atoms with Gasteiger partial charge in [0.2, 0.25) is 5.91 Å². The van der Waals surface area contributed by atoms with Crippen molar-refractivity contribution in [1.82, 2.24) is 20.5 Å². The zero-order chi connectivity index (χ0) is 19.4. The Morgan fingerprint density at radius 3 is 2.37 bits per heavy atom. The fraction of sp³-hybridized carbons (Fsp3) is 0.167. The highest BCUT2D eigenvalue weighted by molar-refractivity contribution is 9.10. The van der Waals surface area contributed by atoms with E-state index in [9.17, 15) is 19.2 Å². The topological polar surface area (TPSA) is 108 Å². The number of hydrogen-bond donors (Lipinski definition) is 2. The SMILES string of the molecule is O=C(CN1C(=O)c2ccc(Br)cc2C1=O)NCCNC(=O)c1ccncc1. The van der Waals surface area contributed by atoms with Crippen LogP contribution in [0, 0.1) is 0 Å². The quantitative estimate of drug-likeness (QED) is 0.524. The number of nitrogens with zero attached hydrogens (tertiary/aromatic N) is 2. The summed E-state index contributed by atoms with van der Waals surface area (Å²) in [6.07, 6.45) is 3.02. The lowest BCUT2D eigenvalue weighted by Crippen LogP contribution is -2.42. The summed E-state index contributed by atoms with van der Waals surface area (Å²) < 4.78 is 0.679. The number of hydrogen-bond acceptors (Lipinski definition) is 5. The smallest absolute Gasteiger partial charge is 0.262 e. The van der Waals surface area contributed by atoms with E-state index in [1.54, 1.807) is 30.3 Å². The summed E-state index contributed by atoms with van der Waals surface area (Å²) in [6.45, 7) is 0.00853. The highest BCUT2D eigenvalue weighted by atomic mass is 79.9. The van der Waals surface area contributed by atoms with Crippen LogP contribution in [-0.4, -0.2) is 53.1 Å². The first kappa shape index (κ1) is 18.7. The Morgan fingerprint density at radius 1 is 0.963 bits per heavy atom. The van der Waals surface area contributed by atoms with Gasteiger partial charge < -0.3 is 10.6 Å². The van der Waals surface area contributed by atoms with Gasteiger partial charge in [0.15, 0.2) is 0 Å². The second-order valence-electron chi connectivity index (χ2n) is 5.73. The molecule has 0 fully saturated rings. The number of carbonyl (C=O) groups is 4. The Bertz CT molecular complexity index is 917. The Hall–Kier alpha value is -3.07. The molecule has 0 aliphatic carbocycles. The molecule has 138 valence electrons. The number of pyridine rings is 1. The molecule has 1 aromatic carbocycles. The summed E-state index contributed by atoms with van der Waals surface area (Å²) in [6, 6.07) is 7.93. The molecule has 0 bridgehead atoms. The average Bonchev–Trinajstić information content (AvgIpc) is 2.90. The molecule has 0 unspecified atom stereocenters. The van der Waals surface area contributed by atoms with Gasteiger partial charge in [-0.15, -0.1) is 0 Å². The minimum absolute atomic E-state index is 0.171. The van der Waals surface area contributed by atoms with E-state index in [1.165, 1.54) is 12.4 Å². The Balaban J connectivity index is 1.47. The van der Waals surface area contributed by atoms with Crippen molar-refractivity contribution in [1.29, 1.82) is 0 Å². The van der Waals surface area contributed by atoms with Gasteiger partial charge in [-0.25, -0.2) is 0 Å². The van der Waals surface area contributed by atoms with Crippen molar-refractivity contribution in [2.75, 3.05) is 19.6 Å². The molecule has 1 aliphatic rings. The average molecular weight is 431 g/mol. The van der Waals surface area contributed by atoms with Crippen molar-refractivity contribution in [3.8, 4) is 0 Å². The fourth-order valence-corrected chi connectivity index (χ4v) is 2.95. The van der Waals surface area contributed by atoms with Gasteiger partial charge in [0.05, 0.1) is 11.1 Å². The number of rotatable bonds is 6. The number of halogens is 1. The standard InChI is InChI=1S/C18H15BrN4O4/c19-12-1-2-13-14(9-12)18(27)23(17(13)26)10-15(24)21-7-8-22-16(25)11-3-5-20-6-4-11/h1-6,9H,7-8,10H2,(H,21,24)(H,22,25). The van der Waals surface area contributed by atoms with E-state index in [2.05, 4.69) is 31.5 Å². The number of benzene rings is 1. The molecule has 0 radical (unpaired) electrons. The minimum atomic E-state index is -0.502. The van der Waals surface area contributed by atoms with Crippen LogP contribution >= 0.6 is 15.9 Å². The minimum Gasteiger partial charge on any atom is -0.353 e. The maximum Gasteiger partial charge on any atom is 0.262 e. The molecule has 2 heterocycles. The molecule has 0 spiro atoms. The first-order valence-electron chi connectivity index (χ1n) is 8.08. The van der Waals surface area contributed by atoms with Gasteiger partial charge in [-0.2, -0.15) is 0 Å². The van der Waals surface area contributed by atoms with Crippen molar-refractivity contribution >= 4 is 39.6 Å². The Labute approximate surface area is 163 Å². The highest BCUT2D eigenvalue weighted by Gasteiger charge is 2.36. The van der Waals surface area contributed by atoms with E-state index < -0.39 is 17.7 Å². The lowest BCUT2D eigenvalue weighted by Gasteiger charge is -2.13. The van der Waals surface area contributed by atoms with Crippen molar-refractivity contribution in [3.63, 3.8) is 0 Å². The maximum absolute atomic E-state index is 12.3. The van der Waals surface area contributed by atoms with E-state index in [0.29, 0.717) is 10.0 Å². The Morgan fingerprint density at radius 2 is 1.63 bits per heavy atom. The Kier molecular flexibility index (Phi) is 5.60. The predicted octanol–water partition coefficient (Wildman–Crippen LogP) is 0.986. The van der Waals surface area contributed by atoms with Crippen LogP contribution in [0.5, 0.6) is 0 Å². The molecule has 1 aromatic heterocycles. The number of nitrogens with one attached hydrogen (secondary N) is 2. The molecule has 27 heavy (non-hydrogen) atoms. The van der Waals surface area contributed by atoms with Crippen LogP contribution in [-0.2, 0) is 4.79 Å². The summed E-state index contributed by atoms with van der Waals surface area (Å²) in [7, 11) is 0. The summed E-state index contributed by atoms with van der Waals surface area (Å²) >= 11 is 3.25. The maximum atomic E-state index is 12.3. The first-order valence-corrected chi connectivity index (χ1v) is 8.87. The third-order valence-electron chi connectivity index (χ3n) is 3.91. The van der Waals surface area contributed by atoms with Crippen LogP contribution in [0.3, 0.4) is 0 Å². The largest absolute Gasteiger partial charge is 0.353 e. The molecule has 0 saturated carbocycles. The summed E-state index contributed by atoms with van der Waals surface area (Å²) in [5.41, 5.74) is 1.01. The van der Waals surface area contributed by atoms with E-state index in [-0.39, 0.29) is 36.7 Å². The summed E-state index contributed by atoms with van der Waals surface area (Å²) in [5, 5.41) is 5.23. The van der Waals surface area contributed by atoms with Gasteiger partial charge in [0.25, 0.3) is 17.7 Å². The molecule has 3 rings (SSSR count). The molecule has 9 heteroatoms. The van der Waals surface area contributed by atoms with E-state index >= 15 is 0 Å². The van der Waals surface area contributed by atoms with E-state index in [4.69, 9.17) is 0 Å². The molecule has 0 saturated heterocycles. The second kappa shape index (κ2) is 8.09. The van der Waals surface area contributed by atoms with E-state index in [1.807, 2.05) is 0 Å². The lowest BCUT2D eigenvalue weighted by molar-refractivity contribution is -0.121. The molecule has 8 nitrogen and oxygen atoms in total. The third kappa shape index (κ3) is 4.20. The number of aromatic nitrogens is 1. The van der Waals surface area contributed by atoms with Crippen LogP contribution in [0.2, 0.25) is 0 Å². The van der Waals surface area contributed by atoms with Gasteiger partial charge in [0.1, 0.15) is 6.54 Å². The lowest BCUT2D eigenvalue weighted by atomic mass is 10.1. The molecule has 4 amide bonds. The van der Waals surface area contributed by atoms with Gasteiger partial charge in [-0.05, 0) is 30.3 Å². The number of imide groups is 1. The fourth-order valence-electron chi connectivity index (χ4n) is 2.59. The van der Waals surface area contributed by atoms with E-state index in [0.717, 1.165) is 4.90 Å². The second-order valence-corrected chi connectivity index (χ2v) is 6.64. The molecular formula is C18H15BrN4O4.